The maximum Gasteiger partial charge on any atom is 0.411 e. The van der Waals surface area contributed by atoms with E-state index in [0.717, 1.165) is 11.1 Å². The molecule has 1 amide bonds. The number of likely N-dealkylation sites (tertiary alicyclic amines) is 1. The monoisotopic (exact) mass is 317 g/mol. The van der Waals surface area contributed by atoms with Crippen LogP contribution >= 0.6 is 0 Å². The van der Waals surface area contributed by atoms with Crippen LogP contribution in [0.15, 0.2) is 35.9 Å². The van der Waals surface area contributed by atoms with Gasteiger partial charge in [0.15, 0.2) is 0 Å². The Kier molecular flexibility index (Phi) is 4.50. The van der Waals surface area contributed by atoms with E-state index in [0.29, 0.717) is 0 Å². The fraction of sp³-hybridized carbons (Fsp3) is 0.444. The van der Waals surface area contributed by atoms with Gasteiger partial charge in [0.2, 0.25) is 0 Å². The van der Waals surface area contributed by atoms with Crippen LogP contribution in [0.5, 0.6) is 0 Å². The van der Waals surface area contributed by atoms with Gasteiger partial charge >= 0.3 is 12.1 Å². The Morgan fingerprint density at radius 3 is 2.39 bits per heavy atom. The quantitative estimate of drug-likeness (QED) is 0.905. The maximum absolute atomic E-state index is 12.4. The van der Waals surface area contributed by atoms with E-state index < -0.39 is 23.2 Å². The van der Waals surface area contributed by atoms with Gasteiger partial charge in [-0.1, -0.05) is 36.4 Å². The first-order valence-electron chi connectivity index (χ1n) is 7.60. The molecule has 0 aliphatic carbocycles. The van der Waals surface area contributed by atoms with Crippen molar-refractivity contribution in [3.05, 3.63) is 41.5 Å². The third kappa shape index (κ3) is 3.92. The maximum atomic E-state index is 12.4. The molecule has 1 saturated heterocycles. The minimum Gasteiger partial charge on any atom is -0.479 e. The predicted octanol–water partition coefficient (Wildman–Crippen LogP) is 3.55. The standard InChI is InChI=1S/C18H23NO4/c1-17(2,3)23-16(22)19-12-14(11-18(19,4)15(20)21)10-13-8-6-5-7-9-13/h5-10H,11-12H2,1-4H3,(H,20,21)/b14-10+/t18-/m0/s1. The predicted molar refractivity (Wildman–Crippen MR) is 88.0 cm³/mol. The second kappa shape index (κ2) is 6.07. The van der Waals surface area contributed by atoms with E-state index in [1.807, 2.05) is 36.4 Å². The highest BCUT2D eigenvalue weighted by molar-refractivity contribution is 5.86. The molecule has 2 rings (SSSR count). The molecule has 0 unspecified atom stereocenters. The lowest BCUT2D eigenvalue weighted by atomic mass is 9.96. The lowest BCUT2D eigenvalue weighted by molar-refractivity contribution is -0.148. The van der Waals surface area contributed by atoms with Gasteiger partial charge in [-0.25, -0.2) is 9.59 Å². The molecule has 1 N–H and O–H groups in total. The molecule has 0 saturated carbocycles. The van der Waals surface area contributed by atoms with Crippen molar-refractivity contribution in [2.75, 3.05) is 6.54 Å². The summed E-state index contributed by atoms with van der Waals surface area (Å²) >= 11 is 0. The normalized spacial score (nSPS) is 23.1. The van der Waals surface area contributed by atoms with Crippen LogP contribution in [0.4, 0.5) is 4.79 Å². The van der Waals surface area contributed by atoms with Gasteiger partial charge in [0.25, 0.3) is 0 Å². The largest absolute Gasteiger partial charge is 0.479 e. The van der Waals surface area contributed by atoms with Crippen LogP contribution in [0.1, 0.15) is 39.7 Å². The number of aliphatic carboxylic acids is 1. The summed E-state index contributed by atoms with van der Waals surface area (Å²) in [6.45, 7) is 7.11. The number of carboxylic acids is 1. The van der Waals surface area contributed by atoms with Crippen LogP contribution in [-0.2, 0) is 9.53 Å². The average Bonchev–Trinajstić information content (AvgIpc) is 2.76. The molecule has 1 fully saturated rings. The van der Waals surface area contributed by atoms with Crippen molar-refractivity contribution in [3.8, 4) is 0 Å². The summed E-state index contributed by atoms with van der Waals surface area (Å²) in [5.74, 6) is -1.03. The Bertz CT molecular complexity index is 630. The Hall–Kier alpha value is -2.30. The van der Waals surface area contributed by atoms with Gasteiger partial charge < -0.3 is 9.84 Å². The molecular weight excluding hydrogens is 294 g/mol. The fourth-order valence-electron chi connectivity index (χ4n) is 2.63. The van der Waals surface area contributed by atoms with E-state index in [4.69, 9.17) is 4.74 Å². The third-order valence-corrected chi connectivity index (χ3v) is 3.77. The van der Waals surface area contributed by atoms with Gasteiger partial charge in [-0.15, -0.1) is 0 Å². The van der Waals surface area contributed by atoms with Gasteiger partial charge in [0, 0.05) is 13.0 Å². The molecule has 0 radical (unpaired) electrons. The van der Waals surface area contributed by atoms with Crippen molar-refractivity contribution in [1.82, 2.24) is 4.90 Å². The highest BCUT2D eigenvalue weighted by atomic mass is 16.6. The summed E-state index contributed by atoms with van der Waals surface area (Å²) in [5.41, 5.74) is -0.0704. The molecule has 1 atom stereocenters. The van der Waals surface area contributed by atoms with Crippen LogP contribution in [0, 0.1) is 0 Å². The molecule has 1 heterocycles. The number of hydrogen-bond acceptors (Lipinski definition) is 3. The highest BCUT2D eigenvalue weighted by Crippen LogP contribution is 2.35. The number of benzene rings is 1. The summed E-state index contributed by atoms with van der Waals surface area (Å²) in [6, 6.07) is 9.65. The van der Waals surface area contributed by atoms with Crippen LogP contribution in [0.3, 0.4) is 0 Å². The molecule has 5 heteroatoms. The number of ether oxygens (including phenoxy) is 1. The summed E-state index contributed by atoms with van der Waals surface area (Å²) in [4.78, 5) is 25.4. The van der Waals surface area contributed by atoms with E-state index in [1.54, 1.807) is 27.7 Å². The van der Waals surface area contributed by atoms with Gasteiger partial charge in [0.1, 0.15) is 11.1 Å². The van der Waals surface area contributed by atoms with Crippen LogP contribution in [-0.4, -0.2) is 39.8 Å². The molecule has 23 heavy (non-hydrogen) atoms. The van der Waals surface area contributed by atoms with Gasteiger partial charge in [-0.05, 0) is 38.8 Å². The van der Waals surface area contributed by atoms with Crippen molar-refractivity contribution in [1.29, 1.82) is 0 Å². The summed E-state index contributed by atoms with van der Waals surface area (Å²) < 4.78 is 5.36. The lowest BCUT2D eigenvalue weighted by Gasteiger charge is -2.32. The Morgan fingerprint density at radius 1 is 1.26 bits per heavy atom. The van der Waals surface area contributed by atoms with Crippen molar-refractivity contribution in [2.45, 2.75) is 45.3 Å². The second-order valence-electron chi connectivity index (χ2n) is 7.04. The molecular formula is C18H23NO4. The number of nitrogens with zero attached hydrogens (tertiary/aromatic N) is 1. The number of carboxylic acid groups (broad SMARTS) is 1. The topological polar surface area (TPSA) is 66.8 Å². The molecule has 1 aromatic carbocycles. The van der Waals surface area contributed by atoms with Gasteiger partial charge in [0.05, 0.1) is 0 Å². The first-order valence-corrected chi connectivity index (χ1v) is 7.60. The molecule has 5 nitrogen and oxygen atoms in total. The number of carbonyl (C=O) groups excluding carboxylic acids is 1. The summed E-state index contributed by atoms with van der Waals surface area (Å²) in [5, 5.41) is 9.60. The van der Waals surface area contributed by atoms with Crippen LogP contribution in [0.25, 0.3) is 6.08 Å². The van der Waals surface area contributed by atoms with E-state index in [-0.39, 0.29) is 13.0 Å². The van der Waals surface area contributed by atoms with Crippen molar-refractivity contribution < 1.29 is 19.4 Å². The molecule has 124 valence electrons. The van der Waals surface area contributed by atoms with Gasteiger partial charge in [-0.2, -0.15) is 0 Å². The fourth-order valence-corrected chi connectivity index (χ4v) is 2.63. The number of hydrogen-bond donors (Lipinski definition) is 1. The zero-order valence-electron chi connectivity index (χ0n) is 14.0. The SMILES string of the molecule is CC(C)(C)OC(=O)N1C/C(=C/c2ccccc2)C[C@@]1(C)C(=O)O. The molecule has 0 aromatic heterocycles. The van der Waals surface area contributed by atoms with E-state index in [9.17, 15) is 14.7 Å². The van der Waals surface area contributed by atoms with Gasteiger partial charge in [-0.3, -0.25) is 4.90 Å². The minimum atomic E-state index is -1.29. The number of amides is 1. The smallest absolute Gasteiger partial charge is 0.411 e. The number of rotatable bonds is 2. The third-order valence-electron chi connectivity index (χ3n) is 3.77. The van der Waals surface area contributed by atoms with Crippen LogP contribution < -0.4 is 0 Å². The summed E-state index contributed by atoms with van der Waals surface area (Å²) in [7, 11) is 0. The van der Waals surface area contributed by atoms with E-state index >= 15 is 0 Å². The minimum absolute atomic E-state index is 0.257. The number of carbonyl (C=O) groups is 2. The molecule has 0 spiro atoms. The lowest BCUT2D eigenvalue weighted by Crippen LogP contribution is -2.52. The van der Waals surface area contributed by atoms with E-state index in [1.165, 1.54) is 4.90 Å². The molecule has 1 aliphatic rings. The average molecular weight is 317 g/mol. The zero-order valence-corrected chi connectivity index (χ0v) is 14.0. The first-order chi connectivity index (χ1) is 10.6. The van der Waals surface area contributed by atoms with Crippen molar-refractivity contribution in [2.24, 2.45) is 0 Å². The van der Waals surface area contributed by atoms with Crippen molar-refractivity contribution >= 4 is 18.1 Å². The second-order valence-corrected chi connectivity index (χ2v) is 7.04. The Labute approximate surface area is 136 Å². The molecule has 0 bridgehead atoms. The molecule has 1 aromatic rings. The molecule has 1 aliphatic heterocycles. The zero-order chi connectivity index (χ0) is 17.3. The highest BCUT2D eigenvalue weighted by Gasteiger charge is 2.49. The summed E-state index contributed by atoms with van der Waals surface area (Å²) in [6.07, 6.45) is 1.63. The Balaban J connectivity index is 2.29. The van der Waals surface area contributed by atoms with Crippen LogP contribution in [0.2, 0.25) is 0 Å². The Morgan fingerprint density at radius 2 is 1.87 bits per heavy atom. The first kappa shape index (κ1) is 17.1. The van der Waals surface area contributed by atoms with E-state index in [2.05, 4.69) is 0 Å². The van der Waals surface area contributed by atoms with Crippen molar-refractivity contribution in [3.63, 3.8) is 0 Å².